The van der Waals surface area contributed by atoms with E-state index in [4.69, 9.17) is 16.3 Å². The van der Waals surface area contributed by atoms with Crippen LogP contribution >= 0.6 is 11.6 Å². The Morgan fingerprint density at radius 1 is 1.29 bits per heavy atom. The molecule has 1 aromatic carbocycles. The predicted octanol–water partition coefficient (Wildman–Crippen LogP) is 3.87. The molecule has 120 valence electrons. The minimum absolute atomic E-state index is 0.113. The van der Waals surface area contributed by atoms with Gasteiger partial charge in [0, 0.05) is 12.1 Å². The van der Waals surface area contributed by atoms with Gasteiger partial charge in [-0.2, -0.15) is 0 Å². The van der Waals surface area contributed by atoms with Gasteiger partial charge in [-0.05, 0) is 31.4 Å². The third-order valence-electron chi connectivity index (χ3n) is 3.67. The van der Waals surface area contributed by atoms with Crippen LogP contribution in [-0.2, 0) is 6.54 Å². The van der Waals surface area contributed by atoms with E-state index in [2.05, 4.69) is 19.2 Å². The topological polar surface area (TPSA) is 41.5 Å². The predicted molar refractivity (Wildman–Crippen MR) is 89.0 cm³/mol. The number of hydrogen-bond donors (Lipinski definition) is 2. The molecule has 1 unspecified atom stereocenters. The monoisotopic (exact) mass is 313 g/mol. The maximum absolute atomic E-state index is 10.3. The van der Waals surface area contributed by atoms with Crippen molar-refractivity contribution in [3.63, 3.8) is 0 Å². The molecule has 1 rings (SSSR count). The van der Waals surface area contributed by atoms with Crippen molar-refractivity contribution in [1.29, 1.82) is 0 Å². The standard InChI is InChI=1S/C17H28ClNO2/c1-12(2)9-19-10-14-7-6-8-15(18)16(14)21-11-17(5,20)13(3)4/h6-8,12-13,19-20H,9-11H2,1-5H3. The molecule has 0 saturated heterocycles. The molecule has 0 bridgehead atoms. The smallest absolute Gasteiger partial charge is 0.142 e. The van der Waals surface area contributed by atoms with Gasteiger partial charge in [-0.25, -0.2) is 0 Å². The van der Waals surface area contributed by atoms with E-state index in [-0.39, 0.29) is 12.5 Å². The van der Waals surface area contributed by atoms with Gasteiger partial charge >= 0.3 is 0 Å². The zero-order chi connectivity index (χ0) is 16.0. The molecule has 21 heavy (non-hydrogen) atoms. The number of halogens is 1. The lowest BCUT2D eigenvalue weighted by atomic mass is 9.94. The number of aliphatic hydroxyl groups is 1. The summed E-state index contributed by atoms with van der Waals surface area (Å²) >= 11 is 6.24. The van der Waals surface area contributed by atoms with E-state index in [9.17, 15) is 5.11 Å². The fourth-order valence-electron chi connectivity index (χ4n) is 1.73. The lowest BCUT2D eigenvalue weighted by Crippen LogP contribution is -2.38. The van der Waals surface area contributed by atoms with Crippen molar-refractivity contribution in [3.05, 3.63) is 28.8 Å². The van der Waals surface area contributed by atoms with Crippen LogP contribution in [0.5, 0.6) is 5.75 Å². The molecule has 0 saturated carbocycles. The van der Waals surface area contributed by atoms with Crippen molar-refractivity contribution < 1.29 is 9.84 Å². The van der Waals surface area contributed by atoms with Crippen molar-refractivity contribution in [2.45, 2.75) is 46.8 Å². The third kappa shape index (κ3) is 5.85. The minimum atomic E-state index is -0.873. The van der Waals surface area contributed by atoms with E-state index in [0.717, 1.165) is 12.1 Å². The molecule has 3 nitrogen and oxygen atoms in total. The summed E-state index contributed by atoms with van der Waals surface area (Å²) in [5.74, 6) is 1.37. The zero-order valence-corrected chi connectivity index (χ0v) is 14.5. The maximum atomic E-state index is 10.3. The summed E-state index contributed by atoms with van der Waals surface area (Å²) in [5, 5.41) is 14.3. The first-order valence-electron chi connectivity index (χ1n) is 7.57. The lowest BCUT2D eigenvalue weighted by molar-refractivity contribution is -0.0268. The molecule has 1 aromatic rings. The molecular weight excluding hydrogens is 286 g/mol. The van der Waals surface area contributed by atoms with E-state index in [1.807, 2.05) is 32.0 Å². The van der Waals surface area contributed by atoms with Crippen molar-refractivity contribution in [2.24, 2.45) is 11.8 Å². The molecule has 0 fully saturated rings. The van der Waals surface area contributed by atoms with E-state index in [1.54, 1.807) is 6.92 Å². The Labute approximate surface area is 133 Å². The Morgan fingerprint density at radius 3 is 2.52 bits per heavy atom. The first-order valence-corrected chi connectivity index (χ1v) is 7.95. The highest BCUT2D eigenvalue weighted by atomic mass is 35.5. The zero-order valence-electron chi connectivity index (χ0n) is 13.7. The fourth-order valence-corrected chi connectivity index (χ4v) is 1.98. The van der Waals surface area contributed by atoms with Gasteiger partial charge in [0.05, 0.1) is 10.6 Å². The van der Waals surface area contributed by atoms with Crippen molar-refractivity contribution >= 4 is 11.6 Å². The molecule has 4 heteroatoms. The van der Waals surface area contributed by atoms with Crippen LogP contribution in [-0.4, -0.2) is 23.9 Å². The Bertz CT molecular complexity index is 444. The second-order valence-electron chi connectivity index (χ2n) is 6.55. The summed E-state index contributed by atoms with van der Waals surface area (Å²) in [5.41, 5.74) is 0.143. The maximum Gasteiger partial charge on any atom is 0.142 e. The summed E-state index contributed by atoms with van der Waals surface area (Å²) in [6.07, 6.45) is 0. The molecule has 0 aromatic heterocycles. The van der Waals surface area contributed by atoms with Gasteiger partial charge in [0.15, 0.2) is 0 Å². The van der Waals surface area contributed by atoms with Gasteiger partial charge in [-0.1, -0.05) is 51.4 Å². The first-order chi connectivity index (χ1) is 9.74. The average Bonchev–Trinajstić information content (AvgIpc) is 2.37. The number of hydrogen-bond acceptors (Lipinski definition) is 3. The fraction of sp³-hybridized carbons (Fsp3) is 0.647. The highest BCUT2D eigenvalue weighted by molar-refractivity contribution is 6.32. The van der Waals surface area contributed by atoms with E-state index in [0.29, 0.717) is 23.2 Å². The Balaban J connectivity index is 2.76. The first kappa shape index (κ1) is 18.3. The quantitative estimate of drug-likeness (QED) is 0.765. The average molecular weight is 314 g/mol. The third-order valence-corrected chi connectivity index (χ3v) is 3.97. The van der Waals surface area contributed by atoms with Crippen LogP contribution < -0.4 is 10.1 Å². The number of rotatable bonds is 8. The van der Waals surface area contributed by atoms with Crippen molar-refractivity contribution in [2.75, 3.05) is 13.2 Å². The number of nitrogens with one attached hydrogen (secondary N) is 1. The molecule has 0 aliphatic heterocycles. The molecule has 0 aliphatic rings. The molecule has 0 aliphatic carbocycles. The van der Waals surface area contributed by atoms with Crippen molar-refractivity contribution in [3.8, 4) is 5.75 Å². The highest BCUT2D eigenvalue weighted by Crippen LogP contribution is 2.30. The largest absolute Gasteiger partial charge is 0.489 e. The van der Waals surface area contributed by atoms with E-state index in [1.165, 1.54) is 0 Å². The Hall–Kier alpha value is -0.770. The second kappa shape index (κ2) is 8.02. The summed E-state index contributed by atoms with van der Waals surface area (Å²) < 4.78 is 5.83. The van der Waals surface area contributed by atoms with Crippen LogP contribution in [0.3, 0.4) is 0 Å². The van der Waals surface area contributed by atoms with Gasteiger partial charge in [-0.3, -0.25) is 0 Å². The van der Waals surface area contributed by atoms with Crippen LogP contribution in [0.2, 0.25) is 5.02 Å². The number of ether oxygens (including phenoxy) is 1. The van der Waals surface area contributed by atoms with E-state index >= 15 is 0 Å². The Morgan fingerprint density at radius 2 is 1.95 bits per heavy atom. The molecule has 1 atom stereocenters. The molecule has 0 amide bonds. The summed E-state index contributed by atoms with van der Waals surface area (Å²) in [7, 11) is 0. The van der Waals surface area contributed by atoms with Gasteiger partial charge in [0.2, 0.25) is 0 Å². The normalized spacial score (nSPS) is 14.5. The van der Waals surface area contributed by atoms with E-state index < -0.39 is 5.60 Å². The summed E-state index contributed by atoms with van der Waals surface area (Å²) in [4.78, 5) is 0. The van der Waals surface area contributed by atoms with Gasteiger partial charge in [-0.15, -0.1) is 0 Å². The van der Waals surface area contributed by atoms with Crippen LogP contribution in [0.25, 0.3) is 0 Å². The molecule has 0 radical (unpaired) electrons. The SMILES string of the molecule is CC(C)CNCc1cccc(Cl)c1OCC(C)(O)C(C)C. The van der Waals surface area contributed by atoms with Crippen LogP contribution in [0.1, 0.15) is 40.2 Å². The van der Waals surface area contributed by atoms with Gasteiger partial charge < -0.3 is 15.2 Å². The minimum Gasteiger partial charge on any atom is -0.489 e. The van der Waals surface area contributed by atoms with Gasteiger partial charge in [0.25, 0.3) is 0 Å². The molecule has 0 heterocycles. The second-order valence-corrected chi connectivity index (χ2v) is 6.96. The van der Waals surface area contributed by atoms with Crippen molar-refractivity contribution in [1.82, 2.24) is 5.32 Å². The molecule has 0 spiro atoms. The van der Waals surface area contributed by atoms with Crippen LogP contribution in [0.15, 0.2) is 18.2 Å². The van der Waals surface area contributed by atoms with Gasteiger partial charge in [0.1, 0.15) is 12.4 Å². The van der Waals surface area contributed by atoms with Crippen LogP contribution in [0.4, 0.5) is 0 Å². The Kier molecular flexibility index (Phi) is 6.98. The number of para-hydroxylation sites is 1. The number of benzene rings is 1. The summed E-state index contributed by atoms with van der Waals surface area (Å²) in [6, 6.07) is 5.73. The molecular formula is C17H28ClNO2. The summed E-state index contributed by atoms with van der Waals surface area (Å²) in [6.45, 7) is 11.9. The van der Waals surface area contributed by atoms with Crippen LogP contribution in [0, 0.1) is 11.8 Å². The highest BCUT2D eigenvalue weighted by Gasteiger charge is 2.26. The molecule has 2 N–H and O–H groups in total. The lowest BCUT2D eigenvalue weighted by Gasteiger charge is -2.28.